The number of esters is 1. The maximum Gasteiger partial charge on any atom is 0.348 e. The van der Waals surface area contributed by atoms with Crippen LogP contribution in [-0.4, -0.2) is 30.8 Å². The van der Waals surface area contributed by atoms with Gasteiger partial charge in [-0.1, -0.05) is 0 Å². The number of ketones is 1. The van der Waals surface area contributed by atoms with Gasteiger partial charge in [0.05, 0.1) is 0 Å². The van der Waals surface area contributed by atoms with Crippen LogP contribution in [0.4, 0.5) is 10.1 Å². The monoisotopic (exact) mass is 397 g/mol. The summed E-state index contributed by atoms with van der Waals surface area (Å²) in [4.78, 5) is 38.3. The zero-order valence-corrected chi connectivity index (χ0v) is 15.6. The van der Waals surface area contributed by atoms with Gasteiger partial charge in [-0.2, -0.15) is 0 Å². The summed E-state index contributed by atoms with van der Waals surface area (Å²) in [6.07, 6.45) is 1.38. The van der Waals surface area contributed by atoms with Crippen molar-refractivity contribution in [3.63, 3.8) is 0 Å². The van der Waals surface area contributed by atoms with Crippen molar-refractivity contribution in [2.24, 2.45) is 0 Å². The molecule has 0 aliphatic carbocycles. The molecule has 28 heavy (non-hydrogen) atoms. The topological polar surface area (TPSA) is 63.7 Å². The molecule has 4 rings (SSSR count). The fourth-order valence-electron chi connectivity index (χ4n) is 3.15. The van der Waals surface area contributed by atoms with Crippen LogP contribution in [0, 0.1) is 5.82 Å². The molecule has 0 radical (unpaired) electrons. The molecule has 2 heterocycles. The first-order chi connectivity index (χ1) is 13.5. The highest BCUT2D eigenvalue weighted by Crippen LogP contribution is 2.27. The number of carbonyl (C=O) groups excluding carboxylic acids is 3. The molecular formula is C21H16FNO4S. The Morgan fingerprint density at radius 1 is 1.11 bits per heavy atom. The summed E-state index contributed by atoms with van der Waals surface area (Å²) in [5.74, 6) is -1.25. The van der Waals surface area contributed by atoms with Crippen LogP contribution >= 0.6 is 11.3 Å². The lowest BCUT2D eigenvalue weighted by Crippen LogP contribution is -2.23. The molecule has 1 aliphatic rings. The number of nitrogens with zero attached hydrogens (tertiary/aromatic N) is 1. The van der Waals surface area contributed by atoms with Crippen LogP contribution in [0.5, 0.6) is 0 Å². The van der Waals surface area contributed by atoms with E-state index >= 15 is 0 Å². The van der Waals surface area contributed by atoms with E-state index in [0.29, 0.717) is 28.8 Å². The molecular weight excluding hydrogens is 381 g/mol. The summed E-state index contributed by atoms with van der Waals surface area (Å²) in [7, 11) is 0. The van der Waals surface area contributed by atoms with Gasteiger partial charge in [-0.25, -0.2) is 9.18 Å². The van der Waals surface area contributed by atoms with E-state index in [1.54, 1.807) is 41.3 Å². The van der Waals surface area contributed by atoms with E-state index in [2.05, 4.69) is 0 Å². The van der Waals surface area contributed by atoms with Gasteiger partial charge in [0, 0.05) is 28.9 Å². The van der Waals surface area contributed by atoms with Crippen molar-refractivity contribution in [2.45, 2.75) is 12.8 Å². The normalized spacial score (nSPS) is 13.9. The van der Waals surface area contributed by atoms with Crippen molar-refractivity contribution in [1.29, 1.82) is 0 Å². The molecule has 0 bridgehead atoms. The maximum absolute atomic E-state index is 13.3. The van der Waals surface area contributed by atoms with Crippen LogP contribution in [-0.2, 0) is 9.53 Å². The van der Waals surface area contributed by atoms with E-state index in [1.165, 1.54) is 23.5 Å². The molecule has 1 aromatic heterocycles. The summed E-state index contributed by atoms with van der Waals surface area (Å²) in [5, 5.41) is 0.621. The quantitative estimate of drug-likeness (QED) is 0.478. The van der Waals surface area contributed by atoms with Crippen molar-refractivity contribution < 1.29 is 23.5 Å². The summed E-state index contributed by atoms with van der Waals surface area (Å²) < 4.78 is 19.1. The van der Waals surface area contributed by atoms with Gasteiger partial charge in [0.2, 0.25) is 5.91 Å². The number of hydrogen-bond donors (Lipinski definition) is 0. The van der Waals surface area contributed by atoms with E-state index < -0.39 is 5.97 Å². The average molecular weight is 397 g/mol. The molecule has 142 valence electrons. The lowest BCUT2D eigenvalue weighted by molar-refractivity contribution is -0.117. The van der Waals surface area contributed by atoms with E-state index in [0.717, 1.165) is 16.8 Å². The Morgan fingerprint density at radius 3 is 2.61 bits per heavy atom. The molecule has 0 spiro atoms. The first-order valence-corrected chi connectivity index (χ1v) is 9.63. The summed E-state index contributed by atoms with van der Waals surface area (Å²) in [5.41, 5.74) is 1.16. The minimum Gasteiger partial charge on any atom is -0.453 e. The summed E-state index contributed by atoms with van der Waals surface area (Å²) in [6.45, 7) is 0.298. The SMILES string of the molecule is O=C(COC(=O)c1cc2cc(F)ccc2s1)c1ccc(N2CCCC2=O)cc1. The lowest BCUT2D eigenvalue weighted by Gasteiger charge is -2.15. The van der Waals surface area contributed by atoms with Gasteiger partial charge in [0.1, 0.15) is 10.7 Å². The number of thiophene rings is 1. The second-order valence-corrected chi connectivity index (χ2v) is 7.57. The molecule has 1 fully saturated rings. The summed E-state index contributed by atoms with van der Waals surface area (Å²) >= 11 is 1.19. The number of hydrogen-bond acceptors (Lipinski definition) is 5. The minimum atomic E-state index is -0.616. The van der Waals surface area contributed by atoms with Crippen LogP contribution in [0.1, 0.15) is 32.9 Å². The van der Waals surface area contributed by atoms with Crippen LogP contribution in [0.25, 0.3) is 10.1 Å². The molecule has 3 aromatic rings. The van der Waals surface area contributed by atoms with E-state index in [1.807, 2.05) is 0 Å². The molecule has 7 heteroatoms. The number of ether oxygens (including phenoxy) is 1. The highest BCUT2D eigenvalue weighted by molar-refractivity contribution is 7.20. The number of amides is 1. The Morgan fingerprint density at radius 2 is 1.89 bits per heavy atom. The third-order valence-corrected chi connectivity index (χ3v) is 5.68. The Balaban J connectivity index is 1.39. The molecule has 2 aromatic carbocycles. The van der Waals surface area contributed by atoms with Gasteiger partial charge < -0.3 is 9.64 Å². The standard InChI is InChI=1S/C21H16FNO4S/c22-15-5-8-18-14(10-15)11-19(28-18)21(26)27-12-17(24)13-3-6-16(7-4-13)23-9-1-2-20(23)25/h3-8,10-11H,1-2,9,12H2. The highest BCUT2D eigenvalue weighted by Gasteiger charge is 2.22. The Kier molecular flexibility index (Phi) is 4.92. The van der Waals surface area contributed by atoms with Crippen molar-refractivity contribution in [3.05, 3.63) is 64.8 Å². The van der Waals surface area contributed by atoms with Gasteiger partial charge in [0.15, 0.2) is 12.4 Å². The Labute approximate surface area is 164 Å². The minimum absolute atomic E-state index is 0.0798. The number of fused-ring (bicyclic) bond motifs is 1. The number of benzene rings is 2. The van der Waals surface area contributed by atoms with Gasteiger partial charge in [-0.15, -0.1) is 11.3 Å². The number of halogens is 1. The molecule has 5 nitrogen and oxygen atoms in total. The fraction of sp³-hybridized carbons (Fsp3) is 0.190. The molecule has 0 N–H and O–H groups in total. The van der Waals surface area contributed by atoms with Gasteiger partial charge in [-0.3, -0.25) is 9.59 Å². The number of anilines is 1. The fourth-order valence-corrected chi connectivity index (χ4v) is 4.09. The van der Waals surface area contributed by atoms with E-state index in [9.17, 15) is 18.8 Å². The van der Waals surface area contributed by atoms with Crippen molar-refractivity contribution in [1.82, 2.24) is 0 Å². The average Bonchev–Trinajstić information content (AvgIpc) is 3.31. The van der Waals surface area contributed by atoms with Gasteiger partial charge in [0.25, 0.3) is 0 Å². The first kappa shape index (κ1) is 18.3. The van der Waals surface area contributed by atoms with Crippen molar-refractivity contribution >= 4 is 44.8 Å². The van der Waals surface area contributed by atoms with E-state index in [-0.39, 0.29) is 24.1 Å². The van der Waals surface area contributed by atoms with Gasteiger partial charge >= 0.3 is 5.97 Å². The molecule has 0 saturated carbocycles. The predicted molar refractivity (Wildman–Crippen MR) is 104 cm³/mol. The number of rotatable bonds is 5. The van der Waals surface area contributed by atoms with Crippen LogP contribution < -0.4 is 4.90 Å². The molecule has 1 amide bonds. The lowest BCUT2D eigenvalue weighted by atomic mass is 10.1. The Hall–Kier alpha value is -3.06. The zero-order chi connectivity index (χ0) is 19.7. The van der Waals surface area contributed by atoms with Gasteiger partial charge in [-0.05, 0) is 60.3 Å². The van der Waals surface area contributed by atoms with Crippen molar-refractivity contribution in [2.75, 3.05) is 18.1 Å². The second kappa shape index (κ2) is 7.52. The van der Waals surface area contributed by atoms with Crippen LogP contribution in [0.15, 0.2) is 48.5 Å². The second-order valence-electron chi connectivity index (χ2n) is 6.49. The third kappa shape index (κ3) is 3.66. The van der Waals surface area contributed by atoms with Crippen LogP contribution in [0.3, 0.4) is 0 Å². The number of carbonyl (C=O) groups is 3. The van der Waals surface area contributed by atoms with E-state index in [4.69, 9.17) is 4.74 Å². The van der Waals surface area contributed by atoms with Crippen LogP contribution in [0.2, 0.25) is 0 Å². The predicted octanol–water partition coefficient (Wildman–Crippen LogP) is 4.21. The summed E-state index contributed by atoms with van der Waals surface area (Å²) in [6, 6.07) is 12.5. The molecule has 1 aliphatic heterocycles. The highest BCUT2D eigenvalue weighted by atomic mass is 32.1. The van der Waals surface area contributed by atoms with Crippen molar-refractivity contribution in [3.8, 4) is 0 Å². The largest absolute Gasteiger partial charge is 0.453 e. The molecule has 0 atom stereocenters. The Bertz CT molecular complexity index is 1070. The maximum atomic E-state index is 13.3. The number of Topliss-reactive ketones (excluding diaryl/α,β-unsaturated/α-hetero) is 1. The smallest absolute Gasteiger partial charge is 0.348 e. The third-order valence-electron chi connectivity index (χ3n) is 4.59. The molecule has 0 unspecified atom stereocenters. The zero-order valence-electron chi connectivity index (χ0n) is 14.8. The first-order valence-electron chi connectivity index (χ1n) is 8.81. The molecule has 1 saturated heterocycles.